The normalized spacial score (nSPS) is 10.0. The van der Waals surface area contributed by atoms with Gasteiger partial charge in [0.05, 0.1) is 18.2 Å². The first-order valence-corrected chi connectivity index (χ1v) is 5.70. The number of aryl methyl sites for hydroxylation is 1. The molecule has 0 aromatic heterocycles. The summed E-state index contributed by atoms with van der Waals surface area (Å²) in [7, 11) is 0. The molecular formula is C13H17N3O2. The minimum Gasteiger partial charge on any atom is -0.370 e. The highest BCUT2D eigenvalue weighted by atomic mass is 16.5. The number of hydrogen-bond acceptors (Lipinski definition) is 4. The number of nitriles is 1. The van der Waals surface area contributed by atoms with Crippen molar-refractivity contribution in [2.75, 3.05) is 19.8 Å². The highest BCUT2D eigenvalue weighted by Crippen LogP contribution is 2.09. The fourth-order valence-corrected chi connectivity index (χ4v) is 1.50. The molecule has 0 heterocycles. The zero-order valence-electron chi connectivity index (χ0n) is 10.4. The van der Waals surface area contributed by atoms with Crippen LogP contribution in [0.5, 0.6) is 0 Å². The van der Waals surface area contributed by atoms with Crippen LogP contribution in [0.4, 0.5) is 0 Å². The van der Waals surface area contributed by atoms with Crippen molar-refractivity contribution in [1.82, 2.24) is 5.32 Å². The summed E-state index contributed by atoms with van der Waals surface area (Å²) in [6, 6.07) is 7.70. The summed E-state index contributed by atoms with van der Waals surface area (Å²) >= 11 is 0. The van der Waals surface area contributed by atoms with Gasteiger partial charge in [-0.25, -0.2) is 0 Å². The van der Waals surface area contributed by atoms with Crippen molar-refractivity contribution in [3.8, 4) is 6.07 Å². The first-order chi connectivity index (χ1) is 8.63. The third kappa shape index (κ3) is 4.95. The minimum absolute atomic E-state index is 0.0441. The Bertz CT molecular complexity index is 452. The Morgan fingerprint density at radius 3 is 2.94 bits per heavy atom. The molecule has 0 unspecified atom stereocenters. The van der Waals surface area contributed by atoms with Gasteiger partial charge < -0.3 is 15.8 Å². The van der Waals surface area contributed by atoms with Gasteiger partial charge in [0, 0.05) is 13.1 Å². The van der Waals surface area contributed by atoms with Crippen molar-refractivity contribution < 1.29 is 9.53 Å². The van der Waals surface area contributed by atoms with Crippen LogP contribution in [-0.4, -0.2) is 25.7 Å². The van der Waals surface area contributed by atoms with Crippen molar-refractivity contribution in [3.63, 3.8) is 0 Å². The number of hydrogen-bond donors (Lipinski definition) is 2. The number of nitrogens with zero attached hydrogens (tertiary/aromatic N) is 1. The van der Waals surface area contributed by atoms with Gasteiger partial charge in [-0.3, -0.25) is 4.79 Å². The smallest absolute Gasteiger partial charge is 0.243 e. The molecule has 18 heavy (non-hydrogen) atoms. The number of primary amides is 1. The molecule has 1 amide bonds. The second kappa shape index (κ2) is 7.43. The van der Waals surface area contributed by atoms with Crippen LogP contribution >= 0.6 is 0 Å². The zero-order chi connectivity index (χ0) is 13.4. The molecular weight excluding hydrogens is 230 g/mol. The lowest BCUT2D eigenvalue weighted by atomic mass is 10.1. The Morgan fingerprint density at radius 1 is 1.56 bits per heavy atom. The average molecular weight is 247 g/mol. The van der Waals surface area contributed by atoms with Crippen LogP contribution in [0, 0.1) is 18.3 Å². The molecule has 1 aromatic carbocycles. The van der Waals surface area contributed by atoms with E-state index < -0.39 is 5.91 Å². The predicted octanol–water partition coefficient (Wildman–Crippen LogP) is 0.458. The molecule has 1 rings (SSSR count). The Labute approximate surface area is 107 Å². The van der Waals surface area contributed by atoms with Crippen molar-refractivity contribution in [2.24, 2.45) is 5.73 Å². The summed E-state index contributed by atoms with van der Waals surface area (Å²) in [5.41, 5.74) is 7.83. The highest BCUT2D eigenvalue weighted by Gasteiger charge is 2.00. The molecule has 0 bridgehead atoms. The number of benzene rings is 1. The molecule has 1 aromatic rings. The Hall–Kier alpha value is -1.90. The van der Waals surface area contributed by atoms with Gasteiger partial charge in [0.15, 0.2) is 0 Å². The lowest BCUT2D eigenvalue weighted by molar-refractivity contribution is -0.122. The van der Waals surface area contributed by atoms with E-state index in [1.54, 1.807) is 6.07 Å². The third-order valence-electron chi connectivity index (χ3n) is 2.45. The molecule has 0 saturated heterocycles. The van der Waals surface area contributed by atoms with E-state index in [1.165, 1.54) is 0 Å². The van der Waals surface area contributed by atoms with Gasteiger partial charge in [-0.1, -0.05) is 6.07 Å². The topological polar surface area (TPSA) is 88.1 Å². The SMILES string of the molecule is Cc1cc(C#N)ccc1CNCCOCC(N)=O. The quantitative estimate of drug-likeness (QED) is 0.685. The number of ether oxygens (including phenoxy) is 1. The van der Waals surface area contributed by atoms with Crippen molar-refractivity contribution in [1.29, 1.82) is 5.26 Å². The Morgan fingerprint density at radius 2 is 2.33 bits per heavy atom. The fraction of sp³-hybridized carbons (Fsp3) is 0.385. The molecule has 96 valence electrons. The number of amides is 1. The number of carbonyl (C=O) groups excluding carboxylic acids is 1. The number of carbonyl (C=O) groups is 1. The summed E-state index contributed by atoms with van der Waals surface area (Å²) in [5, 5.41) is 11.9. The highest BCUT2D eigenvalue weighted by molar-refractivity contribution is 5.74. The molecule has 0 spiro atoms. The summed E-state index contributed by atoms with van der Waals surface area (Å²) in [5.74, 6) is -0.460. The summed E-state index contributed by atoms with van der Waals surface area (Å²) < 4.78 is 5.02. The van der Waals surface area contributed by atoms with Crippen LogP contribution in [0.25, 0.3) is 0 Å². The van der Waals surface area contributed by atoms with Crippen LogP contribution in [0.1, 0.15) is 16.7 Å². The lowest BCUT2D eigenvalue weighted by Crippen LogP contribution is -2.24. The second-order valence-electron chi connectivity index (χ2n) is 3.95. The van der Waals surface area contributed by atoms with E-state index >= 15 is 0 Å². The van der Waals surface area contributed by atoms with Gasteiger partial charge in [-0.05, 0) is 30.2 Å². The van der Waals surface area contributed by atoms with Gasteiger partial charge in [0.2, 0.25) is 5.91 Å². The van der Waals surface area contributed by atoms with E-state index in [4.69, 9.17) is 15.7 Å². The maximum absolute atomic E-state index is 10.4. The van der Waals surface area contributed by atoms with Gasteiger partial charge in [0.25, 0.3) is 0 Å². The first-order valence-electron chi connectivity index (χ1n) is 5.70. The number of rotatable bonds is 7. The molecule has 5 nitrogen and oxygen atoms in total. The van der Waals surface area contributed by atoms with Gasteiger partial charge >= 0.3 is 0 Å². The Balaban J connectivity index is 2.27. The van der Waals surface area contributed by atoms with Crippen molar-refractivity contribution in [2.45, 2.75) is 13.5 Å². The maximum Gasteiger partial charge on any atom is 0.243 e. The van der Waals surface area contributed by atoms with E-state index in [0.717, 1.165) is 11.1 Å². The molecule has 0 aliphatic carbocycles. The van der Waals surface area contributed by atoms with E-state index in [9.17, 15) is 4.79 Å². The lowest BCUT2D eigenvalue weighted by Gasteiger charge is -2.08. The monoisotopic (exact) mass is 247 g/mol. The average Bonchev–Trinajstić information content (AvgIpc) is 2.34. The molecule has 3 N–H and O–H groups in total. The molecule has 0 fully saturated rings. The van der Waals surface area contributed by atoms with Crippen molar-refractivity contribution >= 4 is 5.91 Å². The van der Waals surface area contributed by atoms with Crippen LogP contribution < -0.4 is 11.1 Å². The first kappa shape index (κ1) is 14.2. The molecule has 0 radical (unpaired) electrons. The Kier molecular flexibility index (Phi) is 5.85. The van der Waals surface area contributed by atoms with Crippen LogP contribution in [0.3, 0.4) is 0 Å². The third-order valence-corrected chi connectivity index (χ3v) is 2.45. The summed E-state index contributed by atoms with van der Waals surface area (Å²) in [4.78, 5) is 10.4. The second-order valence-corrected chi connectivity index (χ2v) is 3.95. The standard InChI is InChI=1S/C13H17N3O2/c1-10-6-11(7-14)2-3-12(10)8-16-4-5-18-9-13(15)17/h2-3,6,16H,4-5,8-9H2,1H3,(H2,15,17). The zero-order valence-corrected chi connectivity index (χ0v) is 10.4. The molecule has 0 aliphatic heterocycles. The maximum atomic E-state index is 10.4. The van der Waals surface area contributed by atoms with Gasteiger partial charge in [-0.15, -0.1) is 0 Å². The van der Waals surface area contributed by atoms with Gasteiger partial charge in [0.1, 0.15) is 6.61 Å². The predicted molar refractivity (Wildman–Crippen MR) is 67.6 cm³/mol. The largest absolute Gasteiger partial charge is 0.370 e. The van der Waals surface area contributed by atoms with Crippen LogP contribution in [0.2, 0.25) is 0 Å². The van der Waals surface area contributed by atoms with Gasteiger partial charge in [-0.2, -0.15) is 5.26 Å². The van der Waals surface area contributed by atoms with E-state index in [-0.39, 0.29) is 6.61 Å². The van der Waals surface area contributed by atoms with Crippen molar-refractivity contribution in [3.05, 3.63) is 34.9 Å². The molecule has 5 heteroatoms. The fourth-order valence-electron chi connectivity index (χ4n) is 1.50. The minimum atomic E-state index is -0.460. The van der Waals surface area contributed by atoms with Crippen LogP contribution in [0.15, 0.2) is 18.2 Å². The number of nitrogens with two attached hydrogens (primary N) is 1. The molecule has 0 atom stereocenters. The van der Waals surface area contributed by atoms with E-state index in [1.807, 2.05) is 19.1 Å². The van der Waals surface area contributed by atoms with E-state index in [2.05, 4.69) is 11.4 Å². The molecule has 0 saturated carbocycles. The summed E-state index contributed by atoms with van der Waals surface area (Å²) in [6.07, 6.45) is 0. The van der Waals surface area contributed by atoms with Crippen LogP contribution in [-0.2, 0) is 16.1 Å². The molecule has 0 aliphatic rings. The summed E-state index contributed by atoms with van der Waals surface area (Å²) in [6.45, 7) is 3.72. The number of nitrogens with one attached hydrogen (secondary N) is 1. The van der Waals surface area contributed by atoms with E-state index in [0.29, 0.717) is 25.3 Å².